The minimum absolute atomic E-state index is 0.147. The van der Waals surface area contributed by atoms with Crippen LogP contribution in [-0.2, 0) is 9.59 Å². The lowest BCUT2D eigenvalue weighted by atomic mass is 9.98. The Morgan fingerprint density at radius 3 is 2.47 bits per heavy atom. The Morgan fingerprint density at radius 1 is 1.41 bits per heavy atom. The van der Waals surface area contributed by atoms with Crippen LogP contribution in [0.25, 0.3) is 0 Å². The van der Waals surface area contributed by atoms with Gasteiger partial charge in [0.15, 0.2) is 6.10 Å². The quantitative estimate of drug-likeness (QED) is 0.588. The average molecular weight is 413 g/mol. The summed E-state index contributed by atoms with van der Waals surface area (Å²) in [6.45, 7) is 1.40. The molecule has 6 heteroatoms. The van der Waals surface area contributed by atoms with Crippen molar-refractivity contribution in [2.75, 3.05) is 0 Å². The zero-order valence-electron chi connectivity index (χ0n) is 8.85. The van der Waals surface area contributed by atoms with E-state index in [2.05, 4.69) is 15.9 Å². The van der Waals surface area contributed by atoms with Crippen molar-refractivity contribution in [1.82, 2.24) is 0 Å². The highest BCUT2D eigenvalue weighted by Gasteiger charge is 2.26. The molecule has 0 heterocycles. The van der Waals surface area contributed by atoms with Gasteiger partial charge in [-0.15, -0.1) is 0 Å². The van der Waals surface area contributed by atoms with Gasteiger partial charge in [-0.05, 0) is 41.1 Å². The van der Waals surface area contributed by atoms with E-state index in [1.807, 2.05) is 22.6 Å². The first-order valence-corrected chi connectivity index (χ1v) is 6.69. The Bertz CT molecular complexity index is 461. The van der Waals surface area contributed by atoms with Gasteiger partial charge < -0.3 is 10.2 Å². The number of rotatable bonds is 4. The summed E-state index contributed by atoms with van der Waals surface area (Å²) in [5, 5.41) is 18.5. The highest BCUT2D eigenvalue weighted by atomic mass is 127. The molecular weight excluding hydrogens is 403 g/mol. The fourth-order valence-corrected chi connectivity index (χ4v) is 2.62. The highest BCUT2D eigenvalue weighted by molar-refractivity contribution is 14.1. The lowest BCUT2D eigenvalue weighted by Crippen LogP contribution is -2.16. The fraction of sp³-hybridized carbons (Fsp3) is 0.273. The predicted molar refractivity (Wildman–Crippen MR) is 74.1 cm³/mol. The maximum atomic E-state index is 11.3. The minimum atomic E-state index is -1.63. The normalized spacial score (nSPS) is 14.1. The molecule has 0 aliphatic heterocycles. The molecule has 92 valence electrons. The second kappa shape index (κ2) is 5.92. The number of aliphatic hydroxyl groups is 1. The van der Waals surface area contributed by atoms with E-state index < -0.39 is 16.9 Å². The number of hydrogen-bond acceptors (Lipinski definition) is 3. The number of Topliss-reactive ketones (excluding diaryl/α,β-unsaturated/α-hetero) is 1. The van der Waals surface area contributed by atoms with Crippen LogP contribution in [0.5, 0.6) is 0 Å². The first-order valence-electron chi connectivity index (χ1n) is 4.70. The van der Waals surface area contributed by atoms with Crippen LogP contribution in [0.3, 0.4) is 0 Å². The van der Waals surface area contributed by atoms with Crippen molar-refractivity contribution in [3.8, 4) is 0 Å². The van der Waals surface area contributed by atoms with Gasteiger partial charge in [0.05, 0.1) is 4.83 Å². The number of aliphatic hydroxyl groups excluding tert-OH is 1. The molecule has 0 aliphatic carbocycles. The van der Waals surface area contributed by atoms with Crippen molar-refractivity contribution in [3.63, 3.8) is 0 Å². The van der Waals surface area contributed by atoms with Gasteiger partial charge in [0.2, 0.25) is 0 Å². The van der Waals surface area contributed by atoms with Gasteiger partial charge >= 0.3 is 5.97 Å². The number of carbonyl (C=O) groups excluding carboxylic acids is 1. The Balaban J connectivity index is 3.36. The Kier molecular flexibility index (Phi) is 5.08. The van der Waals surface area contributed by atoms with Crippen molar-refractivity contribution in [2.45, 2.75) is 17.9 Å². The first-order chi connectivity index (χ1) is 7.86. The Hall–Kier alpha value is -0.470. The molecule has 4 nitrogen and oxygen atoms in total. The molecule has 0 saturated carbocycles. The van der Waals surface area contributed by atoms with Gasteiger partial charge in [0, 0.05) is 9.13 Å². The minimum Gasteiger partial charge on any atom is -0.479 e. The van der Waals surface area contributed by atoms with Gasteiger partial charge in [-0.1, -0.05) is 28.1 Å². The molecule has 2 atom stereocenters. The zero-order chi connectivity index (χ0) is 13.2. The smallest absolute Gasteiger partial charge is 0.337 e. The van der Waals surface area contributed by atoms with Crippen LogP contribution < -0.4 is 0 Å². The van der Waals surface area contributed by atoms with Gasteiger partial charge in [-0.3, -0.25) is 4.79 Å². The van der Waals surface area contributed by atoms with Gasteiger partial charge in [0.1, 0.15) is 5.78 Å². The monoisotopic (exact) mass is 412 g/mol. The zero-order valence-corrected chi connectivity index (χ0v) is 12.6. The fourth-order valence-electron chi connectivity index (χ4n) is 1.41. The number of ketones is 1. The predicted octanol–water partition coefficient (Wildman–Crippen LogP) is 2.43. The summed E-state index contributed by atoms with van der Waals surface area (Å²) in [7, 11) is 0. The van der Waals surface area contributed by atoms with E-state index >= 15 is 0 Å². The van der Waals surface area contributed by atoms with Crippen molar-refractivity contribution >= 4 is 50.3 Å². The van der Waals surface area contributed by atoms with Crippen LogP contribution in [0.15, 0.2) is 18.2 Å². The molecule has 1 aromatic carbocycles. The molecule has 0 aromatic heterocycles. The number of hydrogen-bond donors (Lipinski definition) is 2. The summed E-state index contributed by atoms with van der Waals surface area (Å²) in [4.78, 5) is 21.6. The molecule has 1 rings (SSSR count). The topological polar surface area (TPSA) is 74.6 Å². The summed E-state index contributed by atoms with van der Waals surface area (Å²) in [5.41, 5.74) is 0.747. The summed E-state index contributed by atoms with van der Waals surface area (Å²) in [5.74, 6) is -1.48. The molecule has 0 aliphatic rings. The summed E-state index contributed by atoms with van der Waals surface area (Å²) >= 11 is 5.13. The third-order valence-corrected chi connectivity index (χ3v) is 4.30. The average Bonchev–Trinajstić information content (AvgIpc) is 2.26. The third kappa shape index (κ3) is 3.26. The highest BCUT2D eigenvalue weighted by Crippen LogP contribution is 2.33. The standard InChI is InChI=1S/C11H10BrIO4/c1-5(14)9(12)6-3-2-4-7(13)8(6)10(15)11(16)17/h2-4,9-10,15H,1H3,(H,16,17). The lowest BCUT2D eigenvalue weighted by Gasteiger charge is -2.16. The van der Waals surface area contributed by atoms with Crippen LogP contribution in [0.2, 0.25) is 0 Å². The summed E-state index contributed by atoms with van der Waals surface area (Å²) in [6, 6.07) is 5.03. The SMILES string of the molecule is CC(=O)C(Br)c1cccc(I)c1C(O)C(=O)O. The van der Waals surface area contributed by atoms with Crippen LogP contribution in [0.4, 0.5) is 0 Å². The van der Waals surface area contributed by atoms with Crippen molar-refractivity contribution in [3.05, 3.63) is 32.9 Å². The third-order valence-electron chi connectivity index (χ3n) is 2.22. The molecule has 0 radical (unpaired) electrons. The number of alkyl halides is 1. The van der Waals surface area contributed by atoms with Gasteiger partial charge in [-0.2, -0.15) is 0 Å². The van der Waals surface area contributed by atoms with Gasteiger partial charge in [-0.25, -0.2) is 4.79 Å². The second-order valence-electron chi connectivity index (χ2n) is 3.46. The molecule has 1 aromatic rings. The van der Waals surface area contributed by atoms with E-state index in [1.165, 1.54) is 6.92 Å². The van der Waals surface area contributed by atoms with Gasteiger partial charge in [0.25, 0.3) is 0 Å². The molecule has 0 amide bonds. The molecule has 0 saturated heterocycles. The maximum absolute atomic E-state index is 11.3. The number of benzene rings is 1. The molecule has 0 fully saturated rings. The molecule has 17 heavy (non-hydrogen) atoms. The Morgan fingerprint density at radius 2 is 2.00 bits per heavy atom. The van der Waals surface area contributed by atoms with Crippen LogP contribution in [-0.4, -0.2) is 22.0 Å². The first kappa shape index (κ1) is 14.6. The van der Waals surface area contributed by atoms with Crippen molar-refractivity contribution < 1.29 is 19.8 Å². The number of halogens is 2. The summed E-state index contributed by atoms with van der Waals surface area (Å²) < 4.78 is 0.612. The largest absolute Gasteiger partial charge is 0.479 e. The van der Waals surface area contributed by atoms with E-state index in [9.17, 15) is 14.7 Å². The molecule has 2 N–H and O–H groups in total. The number of carboxylic acids is 1. The molecule has 0 spiro atoms. The lowest BCUT2D eigenvalue weighted by molar-refractivity contribution is -0.147. The van der Waals surface area contributed by atoms with E-state index in [4.69, 9.17) is 5.11 Å². The molecular formula is C11H10BrIO4. The van der Waals surface area contributed by atoms with Crippen molar-refractivity contribution in [1.29, 1.82) is 0 Å². The Labute approximate surface area is 120 Å². The van der Waals surface area contributed by atoms with E-state index in [0.29, 0.717) is 9.13 Å². The number of carboxylic acid groups (broad SMARTS) is 1. The van der Waals surface area contributed by atoms with E-state index in [1.54, 1.807) is 18.2 Å². The summed E-state index contributed by atoms with van der Waals surface area (Å²) in [6.07, 6.45) is -1.63. The van der Waals surface area contributed by atoms with E-state index in [0.717, 1.165) is 0 Å². The van der Waals surface area contributed by atoms with Crippen LogP contribution in [0, 0.1) is 3.57 Å². The number of aliphatic carboxylic acids is 1. The second-order valence-corrected chi connectivity index (χ2v) is 5.53. The molecule has 2 unspecified atom stereocenters. The maximum Gasteiger partial charge on any atom is 0.337 e. The van der Waals surface area contributed by atoms with E-state index in [-0.39, 0.29) is 11.3 Å². The van der Waals surface area contributed by atoms with Crippen LogP contribution in [0.1, 0.15) is 29.0 Å². The number of carbonyl (C=O) groups is 2. The molecule has 0 bridgehead atoms. The van der Waals surface area contributed by atoms with Crippen molar-refractivity contribution in [2.24, 2.45) is 0 Å². The van der Waals surface area contributed by atoms with Crippen LogP contribution >= 0.6 is 38.5 Å².